The number of nitrogens with zero attached hydrogens (tertiary/aromatic N) is 1. The lowest BCUT2D eigenvalue weighted by molar-refractivity contribution is -0.383. The number of rotatable bonds is 7. The van der Waals surface area contributed by atoms with Gasteiger partial charge >= 0.3 is 0 Å². The number of halogens is 2. The van der Waals surface area contributed by atoms with Gasteiger partial charge in [-0.1, -0.05) is 17.7 Å². The van der Waals surface area contributed by atoms with Crippen LogP contribution in [0, 0.1) is 10.1 Å². The molecule has 0 saturated carbocycles. The molecule has 6 nitrogen and oxygen atoms in total. The number of nitro benzene ring substituents is 1. The van der Waals surface area contributed by atoms with Gasteiger partial charge in [-0.3, -0.25) is 10.1 Å². The zero-order chi connectivity index (χ0) is 13.5. The van der Waals surface area contributed by atoms with Crippen molar-refractivity contribution in [3.8, 4) is 0 Å². The van der Waals surface area contributed by atoms with E-state index in [2.05, 4.69) is 10.6 Å². The van der Waals surface area contributed by atoms with Crippen molar-refractivity contribution in [2.75, 3.05) is 25.0 Å². The van der Waals surface area contributed by atoms with Crippen molar-refractivity contribution in [1.29, 1.82) is 0 Å². The smallest absolute Gasteiger partial charge is 0.293 e. The molecule has 108 valence electrons. The second kappa shape index (κ2) is 8.92. The van der Waals surface area contributed by atoms with Crippen LogP contribution >= 0.6 is 24.0 Å². The number of hydrogen-bond donors (Lipinski definition) is 3. The third-order valence-corrected chi connectivity index (χ3v) is 2.55. The molecule has 0 aromatic heterocycles. The van der Waals surface area contributed by atoms with E-state index in [-0.39, 0.29) is 18.1 Å². The standard InChI is InChI=1S/C11H16ClN3O3.ClH/c1-8(16)7-13-5-6-14-11-9(12)3-2-4-10(11)15(17)18;/h2-4,8,13-14,16H,5-7H2,1H3;1H. The van der Waals surface area contributed by atoms with Gasteiger partial charge in [-0.15, -0.1) is 12.4 Å². The monoisotopic (exact) mass is 309 g/mol. The normalized spacial score (nSPS) is 11.5. The van der Waals surface area contributed by atoms with E-state index in [1.165, 1.54) is 12.1 Å². The van der Waals surface area contributed by atoms with Crippen LogP contribution in [0.2, 0.25) is 5.02 Å². The fourth-order valence-corrected chi connectivity index (χ4v) is 1.66. The molecule has 1 aromatic rings. The predicted octanol–water partition coefficient (Wildman–Crippen LogP) is 2.05. The van der Waals surface area contributed by atoms with E-state index < -0.39 is 11.0 Å². The van der Waals surface area contributed by atoms with Crippen molar-refractivity contribution in [2.45, 2.75) is 13.0 Å². The van der Waals surface area contributed by atoms with Crippen LogP contribution < -0.4 is 10.6 Å². The number of hydrogen-bond acceptors (Lipinski definition) is 5. The molecule has 0 amide bonds. The van der Waals surface area contributed by atoms with Crippen LogP contribution in [-0.4, -0.2) is 35.8 Å². The summed E-state index contributed by atoms with van der Waals surface area (Å²) in [6.45, 7) is 3.22. The van der Waals surface area contributed by atoms with Gasteiger partial charge in [0.05, 0.1) is 16.0 Å². The van der Waals surface area contributed by atoms with Gasteiger partial charge in [0.15, 0.2) is 0 Å². The molecule has 0 aliphatic carbocycles. The van der Waals surface area contributed by atoms with E-state index in [0.717, 1.165) is 0 Å². The van der Waals surface area contributed by atoms with E-state index in [9.17, 15) is 10.1 Å². The van der Waals surface area contributed by atoms with E-state index in [1.807, 2.05) is 0 Å². The number of aliphatic hydroxyl groups is 1. The topological polar surface area (TPSA) is 87.4 Å². The molecule has 1 unspecified atom stereocenters. The number of benzene rings is 1. The molecule has 3 N–H and O–H groups in total. The summed E-state index contributed by atoms with van der Waals surface area (Å²) in [7, 11) is 0. The Morgan fingerprint density at radius 3 is 2.74 bits per heavy atom. The zero-order valence-corrected chi connectivity index (χ0v) is 12.0. The second-order valence-electron chi connectivity index (χ2n) is 3.87. The molecule has 0 spiro atoms. The van der Waals surface area contributed by atoms with Gasteiger partial charge in [0, 0.05) is 25.7 Å². The Morgan fingerprint density at radius 2 is 2.16 bits per heavy atom. The number of para-hydroxylation sites is 1. The fraction of sp³-hybridized carbons (Fsp3) is 0.455. The molecule has 0 heterocycles. The average molecular weight is 310 g/mol. The largest absolute Gasteiger partial charge is 0.392 e. The summed E-state index contributed by atoms with van der Waals surface area (Å²) in [5.41, 5.74) is 0.279. The average Bonchev–Trinajstić information content (AvgIpc) is 2.29. The third-order valence-electron chi connectivity index (χ3n) is 2.23. The molecule has 0 radical (unpaired) electrons. The van der Waals surface area contributed by atoms with Crippen molar-refractivity contribution in [2.24, 2.45) is 0 Å². The van der Waals surface area contributed by atoms with Crippen LogP contribution in [0.15, 0.2) is 18.2 Å². The first kappa shape index (κ1) is 17.9. The molecule has 0 aliphatic rings. The zero-order valence-electron chi connectivity index (χ0n) is 10.4. The minimum atomic E-state index is -0.475. The van der Waals surface area contributed by atoms with Gasteiger partial charge in [-0.2, -0.15) is 0 Å². The summed E-state index contributed by atoms with van der Waals surface area (Å²) in [6, 6.07) is 4.54. The quantitative estimate of drug-likeness (QED) is 0.407. The van der Waals surface area contributed by atoms with Crippen molar-refractivity contribution >= 4 is 35.4 Å². The van der Waals surface area contributed by atoms with Crippen molar-refractivity contribution < 1.29 is 10.0 Å². The highest BCUT2D eigenvalue weighted by molar-refractivity contribution is 6.33. The summed E-state index contributed by atoms with van der Waals surface area (Å²) in [5.74, 6) is 0. The van der Waals surface area contributed by atoms with Crippen LogP contribution in [0.5, 0.6) is 0 Å². The molecule has 0 fully saturated rings. The summed E-state index contributed by atoms with van der Waals surface area (Å²) in [6.07, 6.45) is -0.417. The van der Waals surface area contributed by atoms with Gasteiger partial charge in [0.1, 0.15) is 5.69 Å². The Hall–Kier alpha value is -1.08. The highest BCUT2D eigenvalue weighted by Gasteiger charge is 2.15. The first-order valence-electron chi connectivity index (χ1n) is 5.58. The minimum Gasteiger partial charge on any atom is -0.392 e. The first-order chi connectivity index (χ1) is 8.52. The van der Waals surface area contributed by atoms with Crippen molar-refractivity contribution in [1.82, 2.24) is 5.32 Å². The summed E-state index contributed by atoms with van der Waals surface area (Å²) in [4.78, 5) is 10.3. The number of nitrogens with one attached hydrogen (secondary N) is 2. The van der Waals surface area contributed by atoms with E-state index >= 15 is 0 Å². The molecule has 1 aromatic carbocycles. The van der Waals surface area contributed by atoms with Crippen LogP contribution in [0.25, 0.3) is 0 Å². The predicted molar refractivity (Wildman–Crippen MR) is 78.4 cm³/mol. The second-order valence-corrected chi connectivity index (χ2v) is 4.28. The molecular formula is C11H17Cl2N3O3. The maximum absolute atomic E-state index is 10.8. The molecule has 0 bridgehead atoms. The lowest BCUT2D eigenvalue weighted by Crippen LogP contribution is -2.29. The summed E-state index contributed by atoms with van der Waals surface area (Å²) >= 11 is 5.91. The van der Waals surface area contributed by atoms with Gasteiger partial charge in [-0.05, 0) is 13.0 Å². The van der Waals surface area contributed by atoms with Gasteiger partial charge < -0.3 is 15.7 Å². The number of aliphatic hydroxyl groups excluding tert-OH is 1. The molecule has 8 heteroatoms. The van der Waals surface area contributed by atoms with Crippen molar-refractivity contribution in [3.63, 3.8) is 0 Å². The molecule has 0 aliphatic heterocycles. The Balaban J connectivity index is 0.00000324. The van der Waals surface area contributed by atoms with Gasteiger partial charge in [-0.25, -0.2) is 0 Å². The highest BCUT2D eigenvalue weighted by atomic mass is 35.5. The lowest BCUT2D eigenvalue weighted by atomic mass is 10.2. The maximum atomic E-state index is 10.8. The molecule has 19 heavy (non-hydrogen) atoms. The third kappa shape index (κ3) is 6.07. The van der Waals surface area contributed by atoms with E-state index in [4.69, 9.17) is 16.7 Å². The lowest BCUT2D eigenvalue weighted by Gasteiger charge is -2.10. The van der Waals surface area contributed by atoms with Crippen LogP contribution in [0.4, 0.5) is 11.4 Å². The Morgan fingerprint density at radius 1 is 1.47 bits per heavy atom. The van der Waals surface area contributed by atoms with Crippen molar-refractivity contribution in [3.05, 3.63) is 33.3 Å². The SMILES string of the molecule is CC(O)CNCCNc1c(Cl)cccc1[N+](=O)[O-].Cl. The van der Waals surface area contributed by atoms with Crippen LogP contribution in [-0.2, 0) is 0 Å². The Labute approximate surface area is 122 Å². The highest BCUT2D eigenvalue weighted by Crippen LogP contribution is 2.31. The number of anilines is 1. The fourth-order valence-electron chi connectivity index (χ4n) is 1.43. The first-order valence-corrected chi connectivity index (χ1v) is 5.95. The Kier molecular flexibility index (Phi) is 8.42. The molecule has 1 rings (SSSR count). The summed E-state index contributed by atoms with van der Waals surface area (Å²) < 4.78 is 0. The number of nitro groups is 1. The minimum absolute atomic E-state index is 0. The Bertz CT molecular complexity index is 416. The van der Waals surface area contributed by atoms with E-state index in [0.29, 0.717) is 30.3 Å². The van der Waals surface area contributed by atoms with Gasteiger partial charge in [0.2, 0.25) is 0 Å². The molecule has 0 saturated heterocycles. The van der Waals surface area contributed by atoms with Crippen LogP contribution in [0.3, 0.4) is 0 Å². The van der Waals surface area contributed by atoms with Gasteiger partial charge in [0.25, 0.3) is 5.69 Å². The van der Waals surface area contributed by atoms with E-state index in [1.54, 1.807) is 13.0 Å². The summed E-state index contributed by atoms with van der Waals surface area (Å²) in [5, 5.41) is 26.1. The molecular weight excluding hydrogens is 293 g/mol. The van der Waals surface area contributed by atoms with Crippen LogP contribution in [0.1, 0.15) is 6.92 Å². The maximum Gasteiger partial charge on any atom is 0.293 e. The molecule has 1 atom stereocenters.